The van der Waals surface area contributed by atoms with Gasteiger partial charge in [-0.15, -0.1) is 0 Å². The number of aryl methyl sites for hydroxylation is 1. The Morgan fingerprint density at radius 2 is 1.93 bits per heavy atom. The van der Waals surface area contributed by atoms with Crippen LogP contribution in [0.15, 0.2) is 46.9 Å². The van der Waals surface area contributed by atoms with E-state index in [4.69, 9.17) is 16.3 Å². The first-order valence-corrected chi connectivity index (χ1v) is 11.2. The number of hydrogen-bond acceptors (Lipinski definition) is 3. The second-order valence-corrected chi connectivity index (χ2v) is 8.29. The van der Waals surface area contributed by atoms with Gasteiger partial charge in [0.2, 0.25) is 5.91 Å². The molecule has 0 saturated carbocycles. The summed E-state index contributed by atoms with van der Waals surface area (Å²) in [7, 11) is 0. The molecule has 0 aliphatic carbocycles. The van der Waals surface area contributed by atoms with Crippen LogP contribution in [0.5, 0.6) is 5.75 Å². The Hall–Kier alpha value is -2.05. The lowest BCUT2D eigenvalue weighted by molar-refractivity contribution is -0.143. The number of benzene rings is 2. The Morgan fingerprint density at radius 1 is 1.20 bits per heavy atom. The van der Waals surface area contributed by atoms with E-state index in [2.05, 4.69) is 21.2 Å². The number of nitrogens with zero attached hydrogens (tertiary/aromatic N) is 1. The highest BCUT2D eigenvalue weighted by atomic mass is 79.9. The van der Waals surface area contributed by atoms with Crippen molar-refractivity contribution in [3.8, 4) is 5.75 Å². The Labute approximate surface area is 191 Å². The van der Waals surface area contributed by atoms with Crippen molar-refractivity contribution in [3.05, 3.63) is 63.1 Å². The zero-order valence-corrected chi connectivity index (χ0v) is 19.9. The molecule has 30 heavy (non-hydrogen) atoms. The molecule has 0 aliphatic heterocycles. The summed E-state index contributed by atoms with van der Waals surface area (Å²) in [6.45, 7) is 6.47. The molecule has 2 aromatic carbocycles. The number of rotatable bonds is 10. The molecule has 0 radical (unpaired) electrons. The van der Waals surface area contributed by atoms with Gasteiger partial charge in [0.1, 0.15) is 11.8 Å². The molecule has 0 bridgehead atoms. The average molecular weight is 496 g/mol. The van der Waals surface area contributed by atoms with Crippen LogP contribution in [0.4, 0.5) is 0 Å². The lowest BCUT2D eigenvalue weighted by Gasteiger charge is -2.30. The van der Waals surface area contributed by atoms with E-state index in [1.165, 1.54) is 0 Å². The highest BCUT2D eigenvalue weighted by molar-refractivity contribution is 9.10. The molecule has 0 saturated heterocycles. The number of ether oxygens (including phenoxy) is 1. The van der Waals surface area contributed by atoms with Crippen LogP contribution in [0, 0.1) is 6.92 Å². The number of halogens is 2. The Bertz CT molecular complexity index is 875. The van der Waals surface area contributed by atoms with Gasteiger partial charge in [-0.05, 0) is 55.2 Å². The Morgan fingerprint density at radius 3 is 2.57 bits per heavy atom. The van der Waals surface area contributed by atoms with Crippen LogP contribution in [-0.4, -0.2) is 35.9 Å². The smallest absolute Gasteiger partial charge is 0.261 e. The summed E-state index contributed by atoms with van der Waals surface area (Å²) >= 11 is 9.77. The van der Waals surface area contributed by atoms with Gasteiger partial charge in [-0.25, -0.2) is 0 Å². The number of amides is 2. The van der Waals surface area contributed by atoms with Crippen molar-refractivity contribution in [2.75, 3.05) is 13.2 Å². The van der Waals surface area contributed by atoms with E-state index in [1.807, 2.05) is 51.1 Å². The van der Waals surface area contributed by atoms with Gasteiger partial charge in [-0.3, -0.25) is 9.59 Å². The Kier molecular flexibility index (Phi) is 9.66. The third-order valence-corrected chi connectivity index (χ3v) is 5.98. The topological polar surface area (TPSA) is 58.6 Å². The van der Waals surface area contributed by atoms with Gasteiger partial charge in [0.05, 0.1) is 0 Å². The molecule has 2 aromatic rings. The molecule has 1 atom stereocenters. The third kappa shape index (κ3) is 6.74. The van der Waals surface area contributed by atoms with E-state index in [1.54, 1.807) is 17.0 Å². The van der Waals surface area contributed by atoms with Crippen molar-refractivity contribution in [1.29, 1.82) is 0 Å². The number of carbonyl (C=O) groups is 2. The quantitative estimate of drug-likeness (QED) is 0.497. The molecule has 162 valence electrons. The van der Waals surface area contributed by atoms with Gasteiger partial charge in [0, 0.05) is 22.6 Å². The molecule has 0 heterocycles. The fourth-order valence-electron chi connectivity index (χ4n) is 3.03. The normalized spacial score (nSPS) is 11.6. The lowest BCUT2D eigenvalue weighted by atomic mass is 10.1. The molecule has 0 aromatic heterocycles. The predicted octanol–water partition coefficient (Wildman–Crippen LogP) is 5.12. The third-order valence-electron chi connectivity index (χ3n) is 4.73. The van der Waals surface area contributed by atoms with Gasteiger partial charge in [-0.2, -0.15) is 0 Å². The molecule has 7 heteroatoms. The zero-order valence-electron chi connectivity index (χ0n) is 17.6. The van der Waals surface area contributed by atoms with Gasteiger partial charge in [-0.1, -0.05) is 59.6 Å². The molecule has 0 spiro atoms. The SMILES string of the molecule is CCCNC(=O)[C@@H](CC)N(Cc1ccccc1Cl)C(=O)COc1ccc(Br)c(C)c1. The van der Waals surface area contributed by atoms with Gasteiger partial charge in [0.25, 0.3) is 5.91 Å². The second kappa shape index (κ2) is 12.0. The monoisotopic (exact) mass is 494 g/mol. The van der Waals surface area contributed by atoms with E-state index in [9.17, 15) is 9.59 Å². The predicted molar refractivity (Wildman–Crippen MR) is 124 cm³/mol. The van der Waals surface area contributed by atoms with E-state index in [0.717, 1.165) is 22.0 Å². The summed E-state index contributed by atoms with van der Waals surface area (Å²) in [6.07, 6.45) is 1.32. The van der Waals surface area contributed by atoms with Crippen molar-refractivity contribution in [2.24, 2.45) is 0 Å². The van der Waals surface area contributed by atoms with Crippen LogP contribution in [0.1, 0.15) is 37.8 Å². The summed E-state index contributed by atoms with van der Waals surface area (Å²) in [5.41, 5.74) is 1.80. The average Bonchev–Trinajstić information content (AvgIpc) is 2.74. The molecule has 1 N–H and O–H groups in total. The van der Waals surface area contributed by atoms with Gasteiger partial charge < -0.3 is 15.0 Å². The summed E-state index contributed by atoms with van der Waals surface area (Å²) in [6, 6.07) is 12.3. The lowest BCUT2D eigenvalue weighted by Crippen LogP contribution is -2.50. The van der Waals surface area contributed by atoms with Crippen molar-refractivity contribution < 1.29 is 14.3 Å². The highest BCUT2D eigenvalue weighted by Crippen LogP contribution is 2.23. The maximum atomic E-state index is 13.1. The number of hydrogen-bond donors (Lipinski definition) is 1. The zero-order chi connectivity index (χ0) is 22.1. The van der Waals surface area contributed by atoms with E-state index < -0.39 is 6.04 Å². The van der Waals surface area contributed by atoms with Crippen LogP contribution in [0.2, 0.25) is 5.02 Å². The van der Waals surface area contributed by atoms with Gasteiger partial charge in [0.15, 0.2) is 6.61 Å². The van der Waals surface area contributed by atoms with Crippen molar-refractivity contribution in [3.63, 3.8) is 0 Å². The molecular formula is C23H28BrClN2O3. The van der Waals surface area contributed by atoms with Crippen molar-refractivity contribution in [2.45, 2.75) is 46.2 Å². The van der Waals surface area contributed by atoms with Crippen LogP contribution in [0.25, 0.3) is 0 Å². The highest BCUT2D eigenvalue weighted by Gasteiger charge is 2.29. The minimum atomic E-state index is -0.601. The minimum Gasteiger partial charge on any atom is -0.484 e. The van der Waals surface area contributed by atoms with Crippen LogP contribution >= 0.6 is 27.5 Å². The second-order valence-electron chi connectivity index (χ2n) is 7.03. The summed E-state index contributed by atoms with van der Waals surface area (Å²) in [5, 5.41) is 3.45. The first kappa shape index (κ1) is 24.2. The maximum absolute atomic E-state index is 13.1. The number of nitrogens with one attached hydrogen (secondary N) is 1. The van der Waals surface area contributed by atoms with Crippen LogP contribution in [-0.2, 0) is 16.1 Å². The summed E-state index contributed by atoms with van der Waals surface area (Å²) in [4.78, 5) is 27.4. The Balaban J connectivity index is 2.21. The molecule has 2 amide bonds. The first-order valence-electron chi connectivity index (χ1n) is 10.1. The van der Waals surface area contributed by atoms with E-state index in [-0.39, 0.29) is 25.0 Å². The van der Waals surface area contributed by atoms with Crippen LogP contribution < -0.4 is 10.1 Å². The first-order chi connectivity index (χ1) is 14.4. The maximum Gasteiger partial charge on any atom is 0.261 e. The largest absolute Gasteiger partial charge is 0.484 e. The van der Waals surface area contributed by atoms with E-state index >= 15 is 0 Å². The fraction of sp³-hybridized carbons (Fsp3) is 0.391. The van der Waals surface area contributed by atoms with Crippen LogP contribution in [0.3, 0.4) is 0 Å². The molecule has 0 fully saturated rings. The summed E-state index contributed by atoms with van der Waals surface area (Å²) < 4.78 is 6.70. The molecule has 2 rings (SSSR count). The molecular weight excluding hydrogens is 468 g/mol. The van der Waals surface area contributed by atoms with Crippen molar-refractivity contribution in [1.82, 2.24) is 10.2 Å². The summed E-state index contributed by atoms with van der Waals surface area (Å²) in [5.74, 6) is 0.165. The fourth-order valence-corrected chi connectivity index (χ4v) is 3.47. The van der Waals surface area contributed by atoms with Crippen molar-refractivity contribution >= 4 is 39.3 Å². The molecule has 5 nitrogen and oxygen atoms in total. The molecule has 0 unspecified atom stereocenters. The van der Waals surface area contributed by atoms with E-state index in [0.29, 0.717) is 23.7 Å². The standard InChI is InChI=1S/C23H28BrClN2O3/c1-4-12-26-23(29)21(5-2)27(14-17-8-6-7-9-20(17)25)22(28)15-30-18-10-11-19(24)16(3)13-18/h6-11,13,21H,4-5,12,14-15H2,1-3H3,(H,26,29)/t21-/m1/s1. The molecule has 0 aliphatic rings. The number of carbonyl (C=O) groups excluding carboxylic acids is 2. The van der Waals surface area contributed by atoms with Gasteiger partial charge >= 0.3 is 0 Å². The minimum absolute atomic E-state index is 0.164.